The van der Waals surface area contributed by atoms with E-state index in [-0.39, 0.29) is 17.6 Å². The third kappa shape index (κ3) is 1.55. The minimum absolute atomic E-state index is 0.241. The van der Waals surface area contributed by atoms with Crippen molar-refractivity contribution in [2.24, 2.45) is 11.3 Å². The predicted molar refractivity (Wildman–Crippen MR) is 80.2 cm³/mol. The molecule has 2 atom stereocenters. The molecule has 2 amide bonds. The first-order valence-electron chi connectivity index (χ1n) is 7.19. The van der Waals surface area contributed by atoms with E-state index in [4.69, 9.17) is 0 Å². The van der Waals surface area contributed by atoms with E-state index in [0.29, 0.717) is 17.7 Å². The molecule has 2 aliphatic rings. The highest BCUT2D eigenvalue weighted by atomic mass is 16.2. The topological polar surface area (TPSA) is 54.5 Å². The Morgan fingerprint density at radius 1 is 0.955 bits per heavy atom. The van der Waals surface area contributed by atoms with Crippen LogP contribution in [0.25, 0.3) is 0 Å². The van der Waals surface area contributed by atoms with E-state index in [0.717, 1.165) is 4.90 Å². The van der Waals surface area contributed by atoms with E-state index in [1.807, 2.05) is 12.1 Å². The molecule has 108 valence electrons. The van der Waals surface area contributed by atoms with Crippen LogP contribution in [0.3, 0.4) is 0 Å². The summed E-state index contributed by atoms with van der Waals surface area (Å²) in [6, 6.07) is 17.5. The summed E-state index contributed by atoms with van der Waals surface area (Å²) in [5.74, 6) is -1.40. The predicted octanol–water partition coefficient (Wildman–Crippen LogP) is 2.45. The fourth-order valence-electron chi connectivity index (χ4n) is 3.27. The highest BCUT2D eigenvalue weighted by Gasteiger charge is 2.75. The Labute approximate surface area is 127 Å². The van der Waals surface area contributed by atoms with Gasteiger partial charge in [0.25, 0.3) is 0 Å². The van der Waals surface area contributed by atoms with Crippen LogP contribution in [0.4, 0.5) is 5.69 Å². The first-order valence-corrected chi connectivity index (χ1v) is 7.19. The molecule has 22 heavy (non-hydrogen) atoms. The quantitative estimate of drug-likeness (QED) is 0.496. The van der Waals surface area contributed by atoms with E-state index in [1.165, 1.54) is 0 Å². The lowest BCUT2D eigenvalue weighted by atomic mass is 9.93. The van der Waals surface area contributed by atoms with Crippen LogP contribution in [-0.4, -0.2) is 17.6 Å². The number of benzene rings is 2. The number of anilines is 1. The summed E-state index contributed by atoms with van der Waals surface area (Å²) >= 11 is 0. The number of para-hydroxylation sites is 1. The van der Waals surface area contributed by atoms with Gasteiger partial charge in [0, 0.05) is 5.56 Å². The maximum atomic E-state index is 12.8. The zero-order valence-electron chi connectivity index (χ0n) is 11.7. The molecule has 0 aromatic heterocycles. The van der Waals surface area contributed by atoms with Crippen molar-refractivity contribution in [3.63, 3.8) is 0 Å². The smallest absolute Gasteiger partial charge is 0.248 e. The fourth-order valence-corrected chi connectivity index (χ4v) is 3.27. The number of piperidine rings is 1. The van der Waals surface area contributed by atoms with Crippen molar-refractivity contribution in [3.8, 4) is 0 Å². The number of fused-ring (bicyclic) bond motifs is 1. The van der Waals surface area contributed by atoms with Crippen molar-refractivity contribution in [2.75, 3.05) is 4.90 Å². The number of nitrogens with zero attached hydrogens (tertiary/aromatic N) is 1. The van der Waals surface area contributed by atoms with Crippen molar-refractivity contribution in [3.05, 3.63) is 66.2 Å². The van der Waals surface area contributed by atoms with Gasteiger partial charge in [-0.2, -0.15) is 0 Å². The van der Waals surface area contributed by atoms with Gasteiger partial charge < -0.3 is 0 Å². The molecular weight excluding hydrogens is 278 g/mol. The normalized spacial score (nSPS) is 26.0. The van der Waals surface area contributed by atoms with E-state index >= 15 is 0 Å². The van der Waals surface area contributed by atoms with Crippen LogP contribution < -0.4 is 4.90 Å². The van der Waals surface area contributed by atoms with E-state index in [1.54, 1.807) is 48.5 Å². The summed E-state index contributed by atoms with van der Waals surface area (Å²) in [6.45, 7) is 0. The van der Waals surface area contributed by atoms with E-state index < -0.39 is 11.3 Å². The average molecular weight is 291 g/mol. The molecule has 4 rings (SSSR count). The molecule has 2 aromatic carbocycles. The number of carbonyl (C=O) groups is 3. The molecule has 1 saturated carbocycles. The van der Waals surface area contributed by atoms with Crippen LogP contribution in [0.15, 0.2) is 60.7 Å². The largest absolute Gasteiger partial charge is 0.293 e. The number of Topliss-reactive ketones (excluding diaryl/α,β-unsaturated/α-hetero) is 1. The van der Waals surface area contributed by atoms with Gasteiger partial charge in [0.15, 0.2) is 5.78 Å². The maximum Gasteiger partial charge on any atom is 0.248 e. The number of amides is 2. The van der Waals surface area contributed by atoms with Gasteiger partial charge >= 0.3 is 0 Å². The zero-order valence-corrected chi connectivity index (χ0v) is 11.7. The van der Waals surface area contributed by atoms with E-state index in [2.05, 4.69) is 0 Å². The van der Waals surface area contributed by atoms with Gasteiger partial charge in [-0.1, -0.05) is 48.5 Å². The summed E-state index contributed by atoms with van der Waals surface area (Å²) in [4.78, 5) is 39.1. The second-order valence-corrected chi connectivity index (χ2v) is 5.74. The lowest BCUT2D eigenvalue weighted by molar-refractivity contribution is -0.124. The minimum Gasteiger partial charge on any atom is -0.293 e. The summed E-state index contributed by atoms with van der Waals surface area (Å²) in [6.07, 6.45) is 0.335. The standard InChI is InChI=1S/C18H13NO3/c20-15(12-7-3-1-4-8-12)18-11-14(18)16(21)19(17(18)22)13-9-5-2-6-10-13/h1-10,14H,11H2/t14-,18-/m0/s1. The monoisotopic (exact) mass is 291 g/mol. The Morgan fingerprint density at radius 2 is 1.55 bits per heavy atom. The number of imide groups is 1. The van der Waals surface area contributed by atoms with Crippen LogP contribution in [0.2, 0.25) is 0 Å². The SMILES string of the molecule is O=C1[C@@H]2C[C@]2(C(=O)c2ccccc2)C(=O)N1c1ccccc1. The molecule has 0 spiro atoms. The lowest BCUT2D eigenvalue weighted by Crippen LogP contribution is -2.37. The van der Waals surface area contributed by atoms with Gasteiger partial charge in [-0.25, -0.2) is 4.90 Å². The van der Waals surface area contributed by atoms with Crippen molar-refractivity contribution in [2.45, 2.75) is 6.42 Å². The molecule has 1 aliphatic heterocycles. The third-order valence-corrected chi connectivity index (χ3v) is 4.52. The molecule has 1 saturated heterocycles. The van der Waals surface area contributed by atoms with Crippen LogP contribution in [0, 0.1) is 11.3 Å². The number of hydrogen-bond donors (Lipinski definition) is 0. The molecule has 0 unspecified atom stereocenters. The molecule has 1 heterocycles. The Morgan fingerprint density at radius 3 is 2.18 bits per heavy atom. The molecule has 0 radical (unpaired) electrons. The van der Waals surface area contributed by atoms with Crippen molar-refractivity contribution >= 4 is 23.3 Å². The van der Waals surface area contributed by atoms with E-state index in [9.17, 15) is 14.4 Å². The van der Waals surface area contributed by atoms with Crippen molar-refractivity contribution in [1.29, 1.82) is 0 Å². The molecule has 0 bridgehead atoms. The molecule has 4 heteroatoms. The first-order chi connectivity index (χ1) is 10.7. The van der Waals surface area contributed by atoms with Crippen LogP contribution in [0.1, 0.15) is 16.8 Å². The maximum absolute atomic E-state index is 12.8. The van der Waals surface area contributed by atoms with Crippen molar-refractivity contribution in [1.82, 2.24) is 0 Å². The molecule has 0 N–H and O–H groups in total. The van der Waals surface area contributed by atoms with Crippen LogP contribution >= 0.6 is 0 Å². The van der Waals surface area contributed by atoms with Gasteiger partial charge in [0.2, 0.25) is 11.8 Å². The Bertz CT molecular complexity index is 784. The third-order valence-electron chi connectivity index (χ3n) is 4.52. The van der Waals surface area contributed by atoms with Gasteiger partial charge in [-0.05, 0) is 18.6 Å². The van der Waals surface area contributed by atoms with Crippen LogP contribution in [-0.2, 0) is 9.59 Å². The molecule has 2 aromatic rings. The van der Waals surface area contributed by atoms with Crippen molar-refractivity contribution < 1.29 is 14.4 Å². The summed E-state index contributed by atoms with van der Waals surface area (Å²) in [7, 11) is 0. The number of ketones is 1. The fraction of sp³-hybridized carbons (Fsp3) is 0.167. The molecule has 2 fully saturated rings. The Kier molecular flexibility index (Phi) is 2.57. The highest BCUT2D eigenvalue weighted by molar-refractivity contribution is 6.36. The minimum atomic E-state index is -1.17. The second kappa shape index (κ2) is 4.37. The number of carbonyl (C=O) groups excluding carboxylic acids is 3. The van der Waals surface area contributed by atoms with Gasteiger partial charge in [-0.3, -0.25) is 14.4 Å². The first kappa shape index (κ1) is 13.0. The highest BCUT2D eigenvalue weighted by Crippen LogP contribution is 2.61. The van der Waals surface area contributed by atoms with Gasteiger partial charge in [0.1, 0.15) is 5.41 Å². The Hall–Kier alpha value is -2.75. The summed E-state index contributed by atoms with van der Waals surface area (Å²) in [5.41, 5.74) is -0.153. The zero-order chi connectivity index (χ0) is 15.3. The molecular formula is C18H13NO3. The van der Waals surface area contributed by atoms with Gasteiger partial charge in [-0.15, -0.1) is 0 Å². The number of rotatable bonds is 3. The van der Waals surface area contributed by atoms with Gasteiger partial charge in [0.05, 0.1) is 11.6 Å². The molecule has 4 nitrogen and oxygen atoms in total. The second-order valence-electron chi connectivity index (χ2n) is 5.74. The Balaban J connectivity index is 1.73. The van der Waals surface area contributed by atoms with Crippen LogP contribution in [0.5, 0.6) is 0 Å². The molecule has 1 aliphatic carbocycles. The lowest BCUT2D eigenvalue weighted by Gasteiger charge is -2.18. The average Bonchev–Trinajstić information content (AvgIpc) is 3.28. The summed E-state index contributed by atoms with van der Waals surface area (Å²) < 4.78 is 0. The number of hydrogen-bond acceptors (Lipinski definition) is 3. The summed E-state index contributed by atoms with van der Waals surface area (Å²) in [5, 5.41) is 0.